The van der Waals surface area contributed by atoms with Gasteiger partial charge in [0.1, 0.15) is 5.75 Å². The summed E-state index contributed by atoms with van der Waals surface area (Å²) in [6, 6.07) is 9.63. The predicted octanol–water partition coefficient (Wildman–Crippen LogP) is 0.893. The summed E-state index contributed by atoms with van der Waals surface area (Å²) in [5, 5.41) is 12.0. The lowest BCUT2D eigenvalue weighted by atomic mass is 10.2. The van der Waals surface area contributed by atoms with E-state index < -0.39 is 0 Å². The Kier molecular flexibility index (Phi) is 5.04. The van der Waals surface area contributed by atoms with Crippen molar-refractivity contribution in [3.05, 3.63) is 30.3 Å². The lowest BCUT2D eigenvalue weighted by Gasteiger charge is -2.14. The summed E-state index contributed by atoms with van der Waals surface area (Å²) < 4.78 is 5.51. The number of para-hydroxylation sites is 1. The van der Waals surface area contributed by atoms with Crippen LogP contribution in [0.15, 0.2) is 30.3 Å². The zero-order valence-corrected chi connectivity index (χ0v) is 8.44. The fourth-order valence-corrected chi connectivity index (χ4v) is 1.20. The number of hydrogen-bond acceptors (Lipinski definition) is 3. The molecule has 0 saturated carbocycles. The van der Waals surface area contributed by atoms with Gasteiger partial charge in [-0.05, 0) is 19.2 Å². The molecule has 0 aliphatic carbocycles. The van der Waals surface area contributed by atoms with Gasteiger partial charge in [0.2, 0.25) is 0 Å². The van der Waals surface area contributed by atoms with Gasteiger partial charge in [-0.15, -0.1) is 0 Å². The summed E-state index contributed by atoms with van der Waals surface area (Å²) in [6.45, 7) is 1.46. The van der Waals surface area contributed by atoms with E-state index in [1.54, 1.807) is 0 Å². The number of aliphatic hydroxyl groups excluding tert-OH is 1. The molecule has 1 rings (SSSR count). The van der Waals surface area contributed by atoms with E-state index >= 15 is 0 Å². The van der Waals surface area contributed by atoms with Crippen LogP contribution in [0.1, 0.15) is 0 Å². The molecule has 1 unspecified atom stereocenters. The maximum Gasteiger partial charge on any atom is 0.119 e. The van der Waals surface area contributed by atoms with Crippen molar-refractivity contribution in [1.82, 2.24) is 5.32 Å². The molecule has 2 N–H and O–H groups in total. The highest BCUT2D eigenvalue weighted by atomic mass is 16.5. The predicted molar refractivity (Wildman–Crippen MR) is 56.4 cm³/mol. The monoisotopic (exact) mass is 195 g/mol. The zero-order valence-electron chi connectivity index (χ0n) is 8.44. The summed E-state index contributed by atoms with van der Waals surface area (Å²) in [5.41, 5.74) is 0. The Morgan fingerprint density at radius 2 is 2.07 bits per heavy atom. The van der Waals surface area contributed by atoms with Crippen molar-refractivity contribution < 1.29 is 9.84 Å². The van der Waals surface area contributed by atoms with E-state index in [1.807, 2.05) is 37.4 Å². The summed E-state index contributed by atoms with van der Waals surface area (Å²) in [5.74, 6) is 1.00. The topological polar surface area (TPSA) is 41.5 Å². The number of ether oxygens (including phenoxy) is 1. The first-order valence-corrected chi connectivity index (χ1v) is 4.80. The molecule has 0 saturated heterocycles. The van der Waals surface area contributed by atoms with Crippen LogP contribution in [-0.2, 0) is 0 Å². The first-order valence-electron chi connectivity index (χ1n) is 4.80. The molecule has 0 amide bonds. The minimum absolute atomic E-state index is 0.147. The third-order valence-electron chi connectivity index (χ3n) is 1.98. The first kappa shape index (κ1) is 11.0. The van der Waals surface area contributed by atoms with Gasteiger partial charge in [-0.1, -0.05) is 18.2 Å². The molecule has 1 atom stereocenters. The Morgan fingerprint density at radius 3 is 2.64 bits per heavy atom. The molecule has 78 valence electrons. The molecule has 3 nitrogen and oxygen atoms in total. The largest absolute Gasteiger partial charge is 0.493 e. The summed E-state index contributed by atoms with van der Waals surface area (Å²) in [6.07, 6.45) is 0. The van der Waals surface area contributed by atoms with Gasteiger partial charge >= 0.3 is 0 Å². The van der Waals surface area contributed by atoms with E-state index in [1.165, 1.54) is 0 Å². The molecule has 0 aliphatic rings. The molecule has 0 radical (unpaired) electrons. The molecule has 0 heterocycles. The van der Waals surface area contributed by atoms with Gasteiger partial charge in [0.15, 0.2) is 0 Å². The molecule has 0 fully saturated rings. The molecule has 3 heteroatoms. The molecular weight excluding hydrogens is 178 g/mol. The van der Waals surface area contributed by atoms with E-state index in [9.17, 15) is 0 Å². The Balaban J connectivity index is 2.32. The molecule has 0 aromatic heterocycles. The minimum Gasteiger partial charge on any atom is -0.493 e. The van der Waals surface area contributed by atoms with Crippen LogP contribution in [0, 0.1) is 5.92 Å². The van der Waals surface area contributed by atoms with Crippen molar-refractivity contribution in [3.63, 3.8) is 0 Å². The van der Waals surface area contributed by atoms with Gasteiger partial charge in [-0.2, -0.15) is 0 Å². The van der Waals surface area contributed by atoms with Crippen LogP contribution in [0.4, 0.5) is 0 Å². The van der Waals surface area contributed by atoms with Crippen LogP contribution < -0.4 is 10.1 Å². The molecule has 0 aliphatic heterocycles. The highest BCUT2D eigenvalue weighted by molar-refractivity contribution is 5.20. The maximum atomic E-state index is 9.02. The van der Waals surface area contributed by atoms with E-state index in [4.69, 9.17) is 9.84 Å². The molecule has 1 aromatic rings. The van der Waals surface area contributed by atoms with Crippen molar-refractivity contribution in [3.8, 4) is 5.75 Å². The van der Waals surface area contributed by atoms with Gasteiger partial charge in [0.25, 0.3) is 0 Å². The van der Waals surface area contributed by atoms with Gasteiger partial charge in [-0.25, -0.2) is 0 Å². The Hall–Kier alpha value is -1.06. The minimum atomic E-state index is 0.147. The second kappa shape index (κ2) is 6.40. The highest BCUT2D eigenvalue weighted by Crippen LogP contribution is 2.09. The molecule has 1 aromatic carbocycles. The van der Waals surface area contributed by atoms with E-state index in [-0.39, 0.29) is 12.5 Å². The van der Waals surface area contributed by atoms with Gasteiger partial charge in [0, 0.05) is 12.5 Å². The first-order chi connectivity index (χ1) is 6.86. The average Bonchev–Trinajstić information content (AvgIpc) is 2.25. The zero-order chi connectivity index (χ0) is 10.2. The Bertz CT molecular complexity index is 238. The second-order valence-corrected chi connectivity index (χ2v) is 3.23. The third kappa shape index (κ3) is 3.77. The summed E-state index contributed by atoms with van der Waals surface area (Å²) >= 11 is 0. The van der Waals surface area contributed by atoms with E-state index in [0.29, 0.717) is 6.61 Å². The average molecular weight is 195 g/mol. The van der Waals surface area contributed by atoms with Crippen LogP contribution >= 0.6 is 0 Å². The number of hydrogen-bond donors (Lipinski definition) is 2. The number of aliphatic hydroxyl groups is 1. The highest BCUT2D eigenvalue weighted by Gasteiger charge is 2.06. The smallest absolute Gasteiger partial charge is 0.119 e. The summed E-state index contributed by atoms with van der Waals surface area (Å²) in [7, 11) is 1.87. The van der Waals surface area contributed by atoms with Crippen LogP contribution in [0.5, 0.6) is 5.75 Å². The fraction of sp³-hybridized carbons (Fsp3) is 0.455. The van der Waals surface area contributed by atoms with Crippen molar-refractivity contribution in [1.29, 1.82) is 0 Å². The number of nitrogens with one attached hydrogen (secondary N) is 1. The van der Waals surface area contributed by atoms with Crippen LogP contribution in [-0.4, -0.2) is 31.9 Å². The van der Waals surface area contributed by atoms with Crippen LogP contribution in [0.3, 0.4) is 0 Å². The summed E-state index contributed by atoms with van der Waals surface area (Å²) in [4.78, 5) is 0. The van der Waals surface area contributed by atoms with Crippen molar-refractivity contribution in [2.45, 2.75) is 0 Å². The molecule has 0 spiro atoms. The normalized spacial score (nSPS) is 12.4. The van der Waals surface area contributed by atoms with Gasteiger partial charge in [0.05, 0.1) is 13.2 Å². The SMILES string of the molecule is CNCC(CO)COc1ccccc1. The lowest BCUT2D eigenvalue weighted by molar-refractivity contribution is 0.162. The van der Waals surface area contributed by atoms with E-state index in [2.05, 4.69) is 5.32 Å². The lowest BCUT2D eigenvalue weighted by Crippen LogP contribution is -2.27. The Morgan fingerprint density at radius 1 is 1.36 bits per heavy atom. The van der Waals surface area contributed by atoms with E-state index in [0.717, 1.165) is 12.3 Å². The number of benzene rings is 1. The molecule has 14 heavy (non-hydrogen) atoms. The van der Waals surface area contributed by atoms with Gasteiger partial charge < -0.3 is 15.2 Å². The second-order valence-electron chi connectivity index (χ2n) is 3.23. The van der Waals surface area contributed by atoms with Crippen molar-refractivity contribution in [2.75, 3.05) is 26.8 Å². The molecule has 0 bridgehead atoms. The quantitative estimate of drug-likeness (QED) is 0.708. The van der Waals surface area contributed by atoms with Crippen LogP contribution in [0.2, 0.25) is 0 Å². The third-order valence-corrected chi connectivity index (χ3v) is 1.98. The number of rotatable bonds is 6. The maximum absolute atomic E-state index is 9.02. The fourth-order valence-electron chi connectivity index (χ4n) is 1.20. The van der Waals surface area contributed by atoms with Gasteiger partial charge in [-0.3, -0.25) is 0 Å². The standard InChI is InChI=1S/C11H17NO2/c1-12-7-10(8-13)9-14-11-5-3-2-4-6-11/h2-6,10,12-13H,7-9H2,1H3. The molecular formula is C11H17NO2. The van der Waals surface area contributed by atoms with Crippen molar-refractivity contribution >= 4 is 0 Å². The van der Waals surface area contributed by atoms with Crippen molar-refractivity contribution in [2.24, 2.45) is 5.92 Å². The van der Waals surface area contributed by atoms with Crippen LogP contribution in [0.25, 0.3) is 0 Å². The Labute approximate surface area is 84.7 Å².